The van der Waals surface area contributed by atoms with Crippen LogP contribution in [0.1, 0.15) is 44.5 Å². The van der Waals surface area contributed by atoms with Crippen molar-refractivity contribution in [2.24, 2.45) is 0 Å². The largest absolute Gasteiger partial charge is 0.383 e. The fourth-order valence-electron chi connectivity index (χ4n) is 2.65. The van der Waals surface area contributed by atoms with Gasteiger partial charge in [0.05, 0.1) is 0 Å². The van der Waals surface area contributed by atoms with E-state index < -0.39 is 6.10 Å². The van der Waals surface area contributed by atoms with Crippen molar-refractivity contribution >= 4 is 22.9 Å². The average Bonchev–Trinajstić information content (AvgIpc) is 2.93. The summed E-state index contributed by atoms with van der Waals surface area (Å²) in [7, 11) is 0. The lowest BCUT2D eigenvalue weighted by atomic mass is 10.0. The summed E-state index contributed by atoms with van der Waals surface area (Å²) in [5.74, 6) is 0. The molecule has 19 heavy (non-hydrogen) atoms. The van der Waals surface area contributed by atoms with Crippen LogP contribution in [-0.4, -0.2) is 5.11 Å². The summed E-state index contributed by atoms with van der Waals surface area (Å²) in [6.07, 6.45) is 2.97. The molecule has 0 saturated heterocycles. The fourth-order valence-corrected chi connectivity index (χ4v) is 4.24. The Morgan fingerprint density at radius 1 is 1.16 bits per heavy atom. The number of hydrogen-bond donors (Lipinski definition) is 1. The summed E-state index contributed by atoms with van der Waals surface area (Å²) >= 11 is 8.02. The fraction of sp³-hybridized carbons (Fsp3) is 0.375. The van der Waals surface area contributed by atoms with Crippen LogP contribution in [-0.2, 0) is 12.8 Å². The van der Waals surface area contributed by atoms with Crippen molar-refractivity contribution in [3.05, 3.63) is 55.2 Å². The van der Waals surface area contributed by atoms with E-state index in [9.17, 15) is 5.11 Å². The molecule has 1 aromatic carbocycles. The van der Waals surface area contributed by atoms with E-state index in [1.165, 1.54) is 22.4 Å². The Bertz CT molecular complexity index is 608. The third-order valence-electron chi connectivity index (χ3n) is 3.94. The number of hydrogen-bond acceptors (Lipinski definition) is 2. The van der Waals surface area contributed by atoms with Crippen molar-refractivity contribution in [1.29, 1.82) is 0 Å². The zero-order valence-corrected chi connectivity index (χ0v) is 12.7. The predicted octanol–water partition coefficient (Wildman–Crippen LogP) is 4.59. The molecule has 1 N–H and O–H groups in total. The molecule has 0 fully saturated rings. The minimum atomic E-state index is -0.595. The van der Waals surface area contributed by atoms with Gasteiger partial charge < -0.3 is 5.11 Å². The molecule has 0 aliphatic heterocycles. The van der Waals surface area contributed by atoms with E-state index in [1.54, 1.807) is 11.3 Å². The van der Waals surface area contributed by atoms with Crippen LogP contribution in [0.4, 0.5) is 0 Å². The van der Waals surface area contributed by atoms with Crippen molar-refractivity contribution in [2.45, 2.75) is 39.2 Å². The number of aryl methyl sites for hydroxylation is 4. The van der Waals surface area contributed by atoms with E-state index in [2.05, 4.69) is 13.0 Å². The van der Waals surface area contributed by atoms with Gasteiger partial charge in [-0.15, -0.1) is 11.3 Å². The van der Waals surface area contributed by atoms with Gasteiger partial charge in [0.1, 0.15) is 6.10 Å². The third-order valence-corrected chi connectivity index (χ3v) is 5.56. The van der Waals surface area contributed by atoms with Crippen LogP contribution in [0.25, 0.3) is 0 Å². The Hall–Kier alpha value is -0.830. The molecule has 100 valence electrons. The molecule has 0 saturated carbocycles. The van der Waals surface area contributed by atoms with Crippen molar-refractivity contribution in [3.63, 3.8) is 0 Å². The highest BCUT2D eigenvalue weighted by atomic mass is 35.5. The molecule has 1 unspecified atom stereocenters. The first-order valence-corrected chi connectivity index (χ1v) is 7.82. The maximum Gasteiger partial charge on any atom is 0.115 e. The number of aliphatic hydroxyl groups is 1. The number of rotatable bonds is 2. The lowest BCUT2D eigenvalue weighted by molar-refractivity contribution is 0.224. The molecule has 3 rings (SSSR count). The number of halogens is 1. The normalized spacial score (nSPS) is 15.6. The summed E-state index contributed by atoms with van der Waals surface area (Å²) in [5, 5.41) is 11.2. The van der Waals surface area contributed by atoms with E-state index in [1.807, 2.05) is 19.1 Å². The molecule has 1 aliphatic carbocycles. The van der Waals surface area contributed by atoms with Gasteiger partial charge in [-0.25, -0.2) is 0 Å². The second-order valence-corrected chi connectivity index (χ2v) is 6.89. The lowest BCUT2D eigenvalue weighted by Crippen LogP contribution is -2.00. The standard InChI is InChI=1S/C16H17ClOS/c1-9-6-12(13(17)7-10(9)2)16(18)15-8-11-4-3-5-14(11)19-15/h6-8,16,18H,3-5H2,1-2H3. The summed E-state index contributed by atoms with van der Waals surface area (Å²) in [5.41, 5.74) is 4.57. The van der Waals surface area contributed by atoms with E-state index in [0.717, 1.165) is 28.8 Å². The Morgan fingerprint density at radius 3 is 2.63 bits per heavy atom. The maximum atomic E-state index is 10.6. The molecule has 0 bridgehead atoms. The van der Waals surface area contributed by atoms with Gasteiger partial charge in [-0.3, -0.25) is 0 Å². The zero-order chi connectivity index (χ0) is 13.6. The van der Waals surface area contributed by atoms with E-state index in [-0.39, 0.29) is 0 Å². The zero-order valence-electron chi connectivity index (χ0n) is 11.2. The van der Waals surface area contributed by atoms with Crippen molar-refractivity contribution in [1.82, 2.24) is 0 Å². The van der Waals surface area contributed by atoms with E-state index in [4.69, 9.17) is 11.6 Å². The molecule has 0 spiro atoms. The first-order valence-electron chi connectivity index (χ1n) is 6.62. The number of thiophene rings is 1. The summed E-state index contributed by atoms with van der Waals surface area (Å²) in [4.78, 5) is 2.46. The van der Waals surface area contributed by atoms with Crippen LogP contribution in [0, 0.1) is 13.8 Å². The van der Waals surface area contributed by atoms with Gasteiger partial charge in [-0.1, -0.05) is 17.7 Å². The molecule has 2 aromatic rings. The Balaban J connectivity index is 1.99. The molecule has 3 heteroatoms. The van der Waals surface area contributed by atoms with Crippen LogP contribution in [0.2, 0.25) is 5.02 Å². The van der Waals surface area contributed by atoms with Crippen LogP contribution >= 0.6 is 22.9 Å². The van der Waals surface area contributed by atoms with E-state index >= 15 is 0 Å². The first kappa shape index (κ1) is 13.2. The predicted molar refractivity (Wildman–Crippen MR) is 81.3 cm³/mol. The van der Waals surface area contributed by atoms with Crippen molar-refractivity contribution < 1.29 is 5.11 Å². The quantitative estimate of drug-likeness (QED) is 0.858. The number of benzene rings is 1. The van der Waals surface area contributed by atoms with Crippen molar-refractivity contribution in [3.8, 4) is 0 Å². The first-order chi connectivity index (χ1) is 9.06. The number of fused-ring (bicyclic) bond motifs is 1. The van der Waals surface area contributed by atoms with Crippen LogP contribution in [0.3, 0.4) is 0 Å². The second-order valence-electron chi connectivity index (χ2n) is 5.31. The van der Waals surface area contributed by atoms with Gasteiger partial charge in [-0.2, -0.15) is 0 Å². The van der Waals surface area contributed by atoms with Crippen LogP contribution in [0.5, 0.6) is 0 Å². The van der Waals surface area contributed by atoms with Crippen LogP contribution in [0.15, 0.2) is 18.2 Å². The number of aliphatic hydroxyl groups excluding tert-OH is 1. The molecular weight excluding hydrogens is 276 g/mol. The van der Waals surface area contributed by atoms with Gasteiger partial charge in [0.2, 0.25) is 0 Å². The van der Waals surface area contributed by atoms with Crippen molar-refractivity contribution in [2.75, 3.05) is 0 Å². The van der Waals surface area contributed by atoms with Gasteiger partial charge >= 0.3 is 0 Å². The second kappa shape index (κ2) is 4.93. The molecule has 1 nitrogen and oxygen atoms in total. The minimum Gasteiger partial charge on any atom is -0.383 e. The molecular formula is C16H17ClOS. The molecule has 1 atom stereocenters. The highest BCUT2D eigenvalue weighted by molar-refractivity contribution is 7.12. The summed E-state index contributed by atoms with van der Waals surface area (Å²) in [6.45, 7) is 4.09. The van der Waals surface area contributed by atoms with Gasteiger partial charge in [-0.05, 0) is 61.9 Å². The van der Waals surface area contributed by atoms with Gasteiger partial charge in [0.25, 0.3) is 0 Å². The molecule has 0 amide bonds. The Morgan fingerprint density at radius 2 is 1.89 bits per heavy atom. The average molecular weight is 293 g/mol. The van der Waals surface area contributed by atoms with Gasteiger partial charge in [0.15, 0.2) is 0 Å². The van der Waals surface area contributed by atoms with E-state index in [0.29, 0.717) is 5.02 Å². The summed E-state index contributed by atoms with van der Waals surface area (Å²) in [6, 6.07) is 6.10. The topological polar surface area (TPSA) is 20.2 Å². The molecule has 0 radical (unpaired) electrons. The maximum absolute atomic E-state index is 10.6. The third kappa shape index (κ3) is 2.33. The minimum absolute atomic E-state index is 0.595. The van der Waals surface area contributed by atoms with Crippen LogP contribution < -0.4 is 0 Å². The molecule has 1 aliphatic rings. The monoisotopic (exact) mass is 292 g/mol. The smallest absolute Gasteiger partial charge is 0.115 e. The highest BCUT2D eigenvalue weighted by Crippen LogP contribution is 2.38. The molecule has 1 aromatic heterocycles. The Labute approximate surface area is 122 Å². The lowest BCUT2D eigenvalue weighted by Gasteiger charge is -2.13. The molecule has 1 heterocycles. The Kier molecular flexibility index (Phi) is 3.42. The SMILES string of the molecule is Cc1cc(Cl)c(C(O)c2cc3c(s2)CCC3)cc1C. The van der Waals surface area contributed by atoms with Gasteiger partial charge in [0, 0.05) is 20.3 Å². The highest BCUT2D eigenvalue weighted by Gasteiger charge is 2.21. The summed E-state index contributed by atoms with van der Waals surface area (Å²) < 4.78 is 0.